The third kappa shape index (κ3) is 7.79. The molecule has 0 aliphatic heterocycles. The Morgan fingerprint density at radius 1 is 1.18 bits per heavy atom. The van der Waals surface area contributed by atoms with E-state index < -0.39 is 6.10 Å². The molecule has 0 spiro atoms. The molecule has 0 radical (unpaired) electrons. The fraction of sp³-hybridized carbons (Fsp3) is 0.417. The minimum atomic E-state index is -0.852. The van der Waals surface area contributed by atoms with E-state index in [0.29, 0.717) is 23.9 Å². The molecule has 2 aromatic rings. The van der Waals surface area contributed by atoms with Crippen molar-refractivity contribution >= 4 is 27.5 Å². The van der Waals surface area contributed by atoms with Gasteiger partial charge in [-0.1, -0.05) is 32.0 Å². The van der Waals surface area contributed by atoms with Gasteiger partial charge >= 0.3 is 0 Å². The minimum Gasteiger partial charge on any atom is -0.492 e. The Kier molecular flexibility index (Phi) is 10.8. The number of aliphatic hydroxyl groups excluding tert-OH is 2. The van der Waals surface area contributed by atoms with Gasteiger partial charge in [0.15, 0.2) is 0 Å². The van der Waals surface area contributed by atoms with Crippen LogP contribution in [0.1, 0.15) is 31.4 Å². The largest absolute Gasteiger partial charge is 0.492 e. The topological polar surface area (TPSA) is 114 Å². The molecule has 182 valence electrons. The number of nitrogens with zero attached hydrogens (tertiary/aromatic N) is 1. The van der Waals surface area contributed by atoms with Crippen molar-refractivity contribution in [2.75, 3.05) is 32.2 Å². The van der Waals surface area contributed by atoms with Gasteiger partial charge in [0, 0.05) is 17.5 Å². The van der Waals surface area contributed by atoms with E-state index >= 15 is 0 Å². The van der Waals surface area contributed by atoms with Crippen molar-refractivity contribution < 1.29 is 19.7 Å². The van der Waals surface area contributed by atoms with Gasteiger partial charge in [-0.15, -0.1) is 11.6 Å². The summed E-state index contributed by atoms with van der Waals surface area (Å²) in [7, 11) is 0. The molecule has 0 aliphatic carbocycles. The highest BCUT2D eigenvalue weighted by atomic mass is 79.9. The highest BCUT2D eigenvalue weighted by Gasteiger charge is 2.24. The van der Waals surface area contributed by atoms with Crippen molar-refractivity contribution in [1.29, 1.82) is 0 Å². The minimum absolute atomic E-state index is 0.0534. The monoisotopic (exact) mass is 541 g/mol. The van der Waals surface area contributed by atoms with Crippen LogP contribution in [0.2, 0.25) is 0 Å². The van der Waals surface area contributed by atoms with E-state index in [-0.39, 0.29) is 25.2 Å². The van der Waals surface area contributed by atoms with E-state index in [1.807, 2.05) is 30.3 Å². The summed E-state index contributed by atoms with van der Waals surface area (Å²) in [4.78, 5) is 0. The number of hydrogen-bond donors (Lipinski definition) is 4. The number of rotatable bonds is 13. The van der Waals surface area contributed by atoms with Crippen LogP contribution in [0.5, 0.6) is 11.5 Å². The Labute approximate surface area is 209 Å². The molecule has 0 bridgehead atoms. The van der Waals surface area contributed by atoms with E-state index in [0.717, 1.165) is 27.8 Å². The van der Waals surface area contributed by atoms with Crippen LogP contribution >= 0.6 is 27.5 Å². The Balaban J connectivity index is 2.00. The molecule has 2 rings (SSSR count). The fourth-order valence-electron chi connectivity index (χ4n) is 3.21. The van der Waals surface area contributed by atoms with Crippen molar-refractivity contribution in [2.45, 2.75) is 31.8 Å². The molecule has 7 nitrogen and oxygen atoms in total. The lowest BCUT2D eigenvalue weighted by molar-refractivity contribution is 0.0745. The van der Waals surface area contributed by atoms with Gasteiger partial charge in [-0.25, -0.2) is 5.84 Å². The molecule has 1 atom stereocenters. The van der Waals surface area contributed by atoms with E-state index in [2.05, 4.69) is 41.9 Å². The first-order valence-electron chi connectivity index (χ1n) is 10.7. The first kappa shape index (κ1) is 27.3. The van der Waals surface area contributed by atoms with Crippen molar-refractivity contribution in [3.05, 3.63) is 70.0 Å². The lowest BCUT2D eigenvalue weighted by Gasteiger charge is -2.27. The summed E-state index contributed by atoms with van der Waals surface area (Å²) in [6, 6.07) is 13.9. The average Bonchev–Trinajstić information content (AvgIpc) is 2.80. The van der Waals surface area contributed by atoms with Crippen LogP contribution < -0.4 is 21.1 Å². The van der Waals surface area contributed by atoms with Gasteiger partial charge in [0.25, 0.3) is 0 Å². The summed E-state index contributed by atoms with van der Waals surface area (Å²) in [6.45, 7) is 4.71. The van der Waals surface area contributed by atoms with Crippen molar-refractivity contribution in [3.8, 4) is 11.5 Å². The Hall–Kier alpha value is -1.97. The smallest absolute Gasteiger partial charge is 0.133 e. The quantitative estimate of drug-likeness (QED) is 0.133. The van der Waals surface area contributed by atoms with E-state index in [4.69, 9.17) is 37.8 Å². The van der Waals surface area contributed by atoms with Crippen molar-refractivity contribution in [3.63, 3.8) is 0 Å². The van der Waals surface area contributed by atoms with Gasteiger partial charge < -0.3 is 30.4 Å². The number of hydrazine groups is 1. The Bertz CT molecular complexity index is 909. The molecule has 33 heavy (non-hydrogen) atoms. The predicted octanol–water partition coefficient (Wildman–Crippen LogP) is 3.49. The zero-order valence-electron chi connectivity index (χ0n) is 19.0. The highest BCUT2D eigenvalue weighted by Crippen LogP contribution is 2.36. The van der Waals surface area contributed by atoms with Crippen LogP contribution in [0.15, 0.2) is 58.8 Å². The number of nitrogens with two attached hydrogens (primary N) is 2. The number of halogens is 2. The number of aliphatic hydroxyl groups is 2. The highest BCUT2D eigenvalue weighted by molar-refractivity contribution is 9.10. The van der Waals surface area contributed by atoms with Gasteiger partial charge in [0.1, 0.15) is 24.2 Å². The van der Waals surface area contributed by atoms with Gasteiger partial charge in [0.05, 0.1) is 29.9 Å². The summed E-state index contributed by atoms with van der Waals surface area (Å²) in [5.41, 5.74) is 7.72. The zero-order chi connectivity index (χ0) is 24.4. The number of ether oxygens (including phenoxy) is 2. The molecule has 0 unspecified atom stereocenters. The molecule has 0 heterocycles. The van der Waals surface area contributed by atoms with Crippen LogP contribution in [0.4, 0.5) is 0 Å². The van der Waals surface area contributed by atoms with Crippen LogP contribution in [0.3, 0.4) is 0 Å². The lowest BCUT2D eigenvalue weighted by Crippen LogP contribution is -2.40. The Morgan fingerprint density at radius 3 is 2.42 bits per heavy atom. The second-order valence-corrected chi connectivity index (χ2v) is 9.35. The predicted molar refractivity (Wildman–Crippen MR) is 135 cm³/mol. The first-order valence-corrected chi connectivity index (χ1v) is 12.0. The maximum Gasteiger partial charge on any atom is 0.133 e. The Morgan fingerprint density at radius 2 is 1.85 bits per heavy atom. The van der Waals surface area contributed by atoms with Crippen LogP contribution in [0.25, 0.3) is 0 Å². The van der Waals surface area contributed by atoms with Crippen LogP contribution in [0, 0.1) is 0 Å². The molecule has 0 saturated heterocycles. The summed E-state index contributed by atoms with van der Waals surface area (Å²) < 4.78 is 12.4. The molecule has 0 saturated carbocycles. The SMILES string of the molecule is CC(C)(c1ccc(OC[C@H](O)CN(N)/C(=C\N)CO)cc1)c1ccc(OCCCCl)c(Br)c1. The van der Waals surface area contributed by atoms with Crippen molar-refractivity contribution in [1.82, 2.24) is 5.01 Å². The second-order valence-electron chi connectivity index (χ2n) is 8.12. The molecule has 6 N–H and O–H groups in total. The number of benzene rings is 2. The molecule has 0 amide bonds. The summed E-state index contributed by atoms with van der Waals surface area (Å²) >= 11 is 9.32. The summed E-state index contributed by atoms with van der Waals surface area (Å²) in [5.74, 6) is 7.78. The lowest BCUT2D eigenvalue weighted by atomic mass is 9.78. The van der Waals surface area contributed by atoms with Gasteiger partial charge in [-0.2, -0.15) is 0 Å². The molecule has 0 aliphatic rings. The van der Waals surface area contributed by atoms with E-state index in [9.17, 15) is 5.11 Å². The number of hydrogen-bond acceptors (Lipinski definition) is 7. The molecule has 9 heteroatoms. The van der Waals surface area contributed by atoms with Gasteiger partial charge in [-0.3, -0.25) is 0 Å². The molecule has 2 aromatic carbocycles. The maximum absolute atomic E-state index is 10.2. The van der Waals surface area contributed by atoms with Gasteiger partial charge in [-0.05, 0) is 57.7 Å². The summed E-state index contributed by atoms with van der Waals surface area (Å²) in [5, 5.41) is 20.5. The zero-order valence-corrected chi connectivity index (χ0v) is 21.3. The third-order valence-electron chi connectivity index (χ3n) is 5.34. The van der Waals surface area contributed by atoms with E-state index in [1.54, 1.807) is 0 Å². The molecular formula is C24H33BrClN3O4. The maximum atomic E-state index is 10.2. The first-order chi connectivity index (χ1) is 15.7. The van der Waals surface area contributed by atoms with Crippen LogP contribution in [-0.4, -0.2) is 53.6 Å². The van der Waals surface area contributed by atoms with Gasteiger partial charge in [0.2, 0.25) is 0 Å². The standard InChI is InChI=1S/C24H33BrClN3O4/c1-24(2,18-6-9-23(22(25)12-18)32-11-3-10-26)17-4-7-21(8-5-17)33-16-20(31)14-29(28)19(13-27)15-30/h4-9,12-13,20,30-31H,3,10-11,14-16,27-28H2,1-2H3/b19-13-/t20-/m1/s1. The molecule has 0 fully saturated rings. The molecular weight excluding hydrogens is 510 g/mol. The second kappa shape index (κ2) is 13.1. The third-order valence-corrected chi connectivity index (χ3v) is 6.23. The van der Waals surface area contributed by atoms with Crippen LogP contribution in [-0.2, 0) is 5.41 Å². The number of alkyl halides is 1. The van der Waals surface area contributed by atoms with E-state index in [1.165, 1.54) is 11.2 Å². The molecule has 0 aromatic heterocycles. The fourth-order valence-corrected chi connectivity index (χ4v) is 3.81. The van der Waals surface area contributed by atoms with Crippen molar-refractivity contribution in [2.24, 2.45) is 11.6 Å². The normalized spacial score (nSPS) is 13.0. The summed E-state index contributed by atoms with van der Waals surface area (Å²) in [6.07, 6.45) is 1.15. The average molecular weight is 543 g/mol.